The van der Waals surface area contributed by atoms with Gasteiger partial charge in [-0.2, -0.15) is 0 Å². The molecule has 0 unspecified atom stereocenters. The Morgan fingerprint density at radius 3 is 2.56 bits per heavy atom. The number of aromatic nitrogens is 2. The first-order valence-corrected chi connectivity index (χ1v) is 5.20. The van der Waals surface area contributed by atoms with Crippen LogP contribution in [0.1, 0.15) is 5.56 Å². The molecule has 2 nitrogen and oxygen atoms in total. The van der Waals surface area contributed by atoms with Gasteiger partial charge in [-0.3, -0.25) is 4.57 Å². The highest BCUT2D eigenvalue weighted by Gasteiger charge is 2.04. The molecule has 0 saturated carbocycles. The lowest BCUT2D eigenvalue weighted by atomic mass is 10.2. The van der Waals surface area contributed by atoms with Crippen molar-refractivity contribution in [3.63, 3.8) is 0 Å². The monoisotopic (exact) mass is 207 g/mol. The van der Waals surface area contributed by atoms with E-state index in [9.17, 15) is 0 Å². The lowest BCUT2D eigenvalue weighted by Crippen LogP contribution is -1.94. The van der Waals surface area contributed by atoms with E-state index in [1.807, 2.05) is 42.7 Å². The molecule has 1 radical (unpaired) electrons. The Hall–Kier alpha value is -2.09. The Bertz CT molecular complexity index is 638. The van der Waals surface area contributed by atoms with E-state index in [1.54, 1.807) is 0 Å². The third-order valence-corrected chi connectivity index (χ3v) is 2.70. The standard InChI is InChI=1S/C14H11N2/c1-11-6-2-4-8-13(11)16-10-15-12-7-3-5-9-14(12)16/h2-10H,1H2. The zero-order chi connectivity index (χ0) is 11.0. The van der Waals surface area contributed by atoms with E-state index in [0.29, 0.717) is 0 Å². The maximum Gasteiger partial charge on any atom is 0.100 e. The molecule has 2 heteroatoms. The molecule has 77 valence electrons. The van der Waals surface area contributed by atoms with Crippen LogP contribution < -0.4 is 0 Å². The Morgan fingerprint density at radius 2 is 1.69 bits per heavy atom. The van der Waals surface area contributed by atoms with Crippen LogP contribution in [0, 0.1) is 6.92 Å². The van der Waals surface area contributed by atoms with Gasteiger partial charge in [0, 0.05) is 0 Å². The fourth-order valence-corrected chi connectivity index (χ4v) is 1.90. The van der Waals surface area contributed by atoms with Gasteiger partial charge in [0.25, 0.3) is 0 Å². The van der Waals surface area contributed by atoms with E-state index in [4.69, 9.17) is 0 Å². The summed E-state index contributed by atoms with van der Waals surface area (Å²) < 4.78 is 2.07. The molecular formula is C14H11N2. The van der Waals surface area contributed by atoms with Crippen molar-refractivity contribution in [3.8, 4) is 5.69 Å². The molecule has 0 aliphatic rings. The molecule has 0 N–H and O–H groups in total. The summed E-state index contributed by atoms with van der Waals surface area (Å²) >= 11 is 0. The van der Waals surface area contributed by atoms with E-state index in [0.717, 1.165) is 22.3 Å². The van der Waals surface area contributed by atoms with E-state index < -0.39 is 0 Å². The summed E-state index contributed by atoms with van der Waals surface area (Å²) in [5, 5.41) is 0. The second kappa shape index (κ2) is 3.49. The maximum atomic E-state index is 4.37. The first-order valence-electron chi connectivity index (χ1n) is 5.20. The molecule has 0 saturated heterocycles. The zero-order valence-electron chi connectivity index (χ0n) is 8.80. The summed E-state index contributed by atoms with van der Waals surface area (Å²) in [5.74, 6) is 0. The van der Waals surface area contributed by atoms with Crippen LogP contribution in [0.4, 0.5) is 0 Å². The number of rotatable bonds is 1. The Morgan fingerprint density at radius 1 is 0.938 bits per heavy atom. The summed E-state index contributed by atoms with van der Waals surface area (Å²) in [4.78, 5) is 4.37. The predicted molar refractivity (Wildman–Crippen MR) is 65.5 cm³/mol. The van der Waals surface area contributed by atoms with Crippen LogP contribution in [0.5, 0.6) is 0 Å². The highest BCUT2D eigenvalue weighted by Crippen LogP contribution is 2.19. The molecule has 2 aromatic carbocycles. The molecule has 3 aromatic rings. The molecule has 0 fully saturated rings. The van der Waals surface area contributed by atoms with Gasteiger partial charge in [-0.1, -0.05) is 30.3 Å². The lowest BCUT2D eigenvalue weighted by molar-refractivity contribution is 1.08. The van der Waals surface area contributed by atoms with Crippen LogP contribution in [0.25, 0.3) is 16.7 Å². The SMILES string of the molecule is [CH2]c1ccccc1-n1cnc2ccccc21. The van der Waals surface area contributed by atoms with Gasteiger partial charge in [-0.05, 0) is 30.7 Å². The van der Waals surface area contributed by atoms with Crippen LogP contribution in [-0.4, -0.2) is 9.55 Å². The minimum absolute atomic E-state index is 1.01. The molecule has 0 bridgehead atoms. The third-order valence-electron chi connectivity index (χ3n) is 2.70. The third kappa shape index (κ3) is 1.31. The second-order valence-corrected chi connectivity index (χ2v) is 3.73. The summed E-state index contributed by atoms with van der Waals surface area (Å²) in [5.41, 5.74) is 4.20. The van der Waals surface area contributed by atoms with Gasteiger partial charge >= 0.3 is 0 Å². The highest BCUT2D eigenvalue weighted by molar-refractivity contribution is 5.77. The second-order valence-electron chi connectivity index (χ2n) is 3.73. The van der Waals surface area contributed by atoms with Crippen LogP contribution >= 0.6 is 0 Å². The Balaban J connectivity index is 2.31. The van der Waals surface area contributed by atoms with Crippen LogP contribution in [0.15, 0.2) is 54.9 Å². The minimum Gasteiger partial charge on any atom is -0.299 e. The molecule has 0 atom stereocenters. The average Bonchev–Trinajstić information content (AvgIpc) is 2.74. The van der Waals surface area contributed by atoms with Crippen molar-refractivity contribution < 1.29 is 0 Å². The van der Waals surface area contributed by atoms with Crippen LogP contribution in [0.2, 0.25) is 0 Å². The maximum absolute atomic E-state index is 4.37. The van der Waals surface area contributed by atoms with Crippen molar-refractivity contribution in [1.82, 2.24) is 9.55 Å². The van der Waals surface area contributed by atoms with E-state index in [1.165, 1.54) is 0 Å². The van der Waals surface area contributed by atoms with E-state index in [2.05, 4.69) is 28.6 Å². The topological polar surface area (TPSA) is 17.8 Å². The quantitative estimate of drug-likeness (QED) is 0.599. The number of benzene rings is 2. The van der Waals surface area contributed by atoms with Gasteiger partial charge in [0.1, 0.15) is 6.33 Å². The molecule has 1 heterocycles. The molecule has 0 spiro atoms. The number of fused-ring (bicyclic) bond motifs is 1. The van der Waals surface area contributed by atoms with Gasteiger partial charge in [0.2, 0.25) is 0 Å². The van der Waals surface area contributed by atoms with Gasteiger partial charge in [-0.15, -0.1) is 0 Å². The van der Waals surface area contributed by atoms with Crippen LogP contribution in [0.3, 0.4) is 0 Å². The molecule has 3 rings (SSSR count). The fourth-order valence-electron chi connectivity index (χ4n) is 1.90. The smallest absolute Gasteiger partial charge is 0.100 e. The summed E-state index contributed by atoms with van der Waals surface area (Å²) in [7, 11) is 0. The first-order chi connectivity index (χ1) is 7.86. The molecule has 1 aromatic heterocycles. The average molecular weight is 207 g/mol. The van der Waals surface area contributed by atoms with Gasteiger partial charge in [0.15, 0.2) is 0 Å². The van der Waals surface area contributed by atoms with Crippen molar-refractivity contribution in [2.45, 2.75) is 0 Å². The molecule has 0 amide bonds. The molecule has 0 aliphatic carbocycles. The van der Waals surface area contributed by atoms with E-state index >= 15 is 0 Å². The fraction of sp³-hybridized carbons (Fsp3) is 0. The largest absolute Gasteiger partial charge is 0.299 e. The number of nitrogens with zero attached hydrogens (tertiary/aromatic N) is 2. The molecule has 0 aliphatic heterocycles. The number of para-hydroxylation sites is 3. The number of hydrogen-bond donors (Lipinski definition) is 0. The van der Waals surface area contributed by atoms with Gasteiger partial charge in [0.05, 0.1) is 16.7 Å². The lowest BCUT2D eigenvalue weighted by Gasteiger charge is -2.07. The Kier molecular flexibility index (Phi) is 2.00. The van der Waals surface area contributed by atoms with Crippen molar-refractivity contribution in [1.29, 1.82) is 0 Å². The Labute approximate surface area is 94.2 Å². The summed E-state index contributed by atoms with van der Waals surface area (Å²) in [6.07, 6.45) is 1.84. The van der Waals surface area contributed by atoms with E-state index in [-0.39, 0.29) is 0 Å². The normalized spacial score (nSPS) is 10.8. The summed E-state index contributed by atoms with van der Waals surface area (Å²) in [6.45, 7) is 4.03. The van der Waals surface area contributed by atoms with Crippen LogP contribution in [-0.2, 0) is 0 Å². The number of hydrogen-bond acceptors (Lipinski definition) is 1. The highest BCUT2D eigenvalue weighted by atomic mass is 15.0. The first kappa shape index (κ1) is 9.16. The van der Waals surface area contributed by atoms with Gasteiger partial charge in [-0.25, -0.2) is 4.98 Å². The minimum atomic E-state index is 1.01. The number of imidazole rings is 1. The van der Waals surface area contributed by atoms with Crippen molar-refractivity contribution >= 4 is 11.0 Å². The molecular weight excluding hydrogens is 196 g/mol. The van der Waals surface area contributed by atoms with Crippen molar-refractivity contribution in [2.24, 2.45) is 0 Å². The predicted octanol–water partition coefficient (Wildman–Crippen LogP) is 3.21. The zero-order valence-corrected chi connectivity index (χ0v) is 8.80. The van der Waals surface area contributed by atoms with Crippen molar-refractivity contribution in [3.05, 3.63) is 67.3 Å². The molecule has 16 heavy (non-hydrogen) atoms. The summed E-state index contributed by atoms with van der Waals surface area (Å²) in [6, 6.07) is 16.2. The van der Waals surface area contributed by atoms with Crippen molar-refractivity contribution in [2.75, 3.05) is 0 Å². The van der Waals surface area contributed by atoms with Gasteiger partial charge < -0.3 is 0 Å².